The number of nitrogens with one attached hydrogen (secondary N) is 3. The number of carboxylic acids is 1. The first-order valence-corrected chi connectivity index (χ1v) is 9.56. The first-order chi connectivity index (χ1) is 12.0. The van der Waals surface area contributed by atoms with Crippen molar-refractivity contribution in [3.05, 3.63) is 0 Å². The van der Waals surface area contributed by atoms with Crippen LogP contribution in [0.3, 0.4) is 0 Å². The smallest absolute Gasteiger partial charge is 0.315 e. The minimum Gasteiger partial charge on any atom is -0.481 e. The minimum absolute atomic E-state index is 0.0131. The Hall–Kier alpha value is -1.79. The van der Waals surface area contributed by atoms with Crippen LogP contribution in [0.5, 0.6) is 0 Å². The van der Waals surface area contributed by atoms with Crippen LogP contribution in [0.2, 0.25) is 0 Å². The van der Waals surface area contributed by atoms with E-state index in [1.54, 1.807) is 0 Å². The predicted molar refractivity (Wildman–Crippen MR) is 94.2 cm³/mol. The number of hydrogen-bond acceptors (Lipinski definition) is 3. The van der Waals surface area contributed by atoms with Gasteiger partial charge in [-0.05, 0) is 32.1 Å². The summed E-state index contributed by atoms with van der Waals surface area (Å²) in [7, 11) is 0. The highest BCUT2D eigenvalue weighted by molar-refractivity contribution is 5.78. The molecule has 0 spiro atoms. The van der Waals surface area contributed by atoms with Gasteiger partial charge in [0, 0.05) is 19.0 Å². The molecule has 0 unspecified atom stereocenters. The van der Waals surface area contributed by atoms with E-state index in [1.165, 1.54) is 19.3 Å². The molecule has 2 saturated carbocycles. The van der Waals surface area contributed by atoms with Gasteiger partial charge in [-0.2, -0.15) is 0 Å². The summed E-state index contributed by atoms with van der Waals surface area (Å²) in [6.45, 7) is 0.442. The van der Waals surface area contributed by atoms with Gasteiger partial charge in [-0.25, -0.2) is 4.79 Å². The molecule has 25 heavy (non-hydrogen) atoms. The summed E-state index contributed by atoms with van der Waals surface area (Å²) in [4.78, 5) is 35.0. The molecule has 0 atom stereocenters. The summed E-state index contributed by atoms with van der Waals surface area (Å²) in [5, 5.41) is 17.8. The maximum absolute atomic E-state index is 12.1. The summed E-state index contributed by atoms with van der Waals surface area (Å²) in [6.07, 6.45) is 9.87. The molecule has 0 bridgehead atoms. The lowest BCUT2D eigenvalue weighted by Gasteiger charge is -2.28. The average molecular weight is 353 g/mol. The fourth-order valence-electron chi connectivity index (χ4n) is 3.98. The Bertz CT molecular complexity index is 469. The average Bonchev–Trinajstić information content (AvgIpc) is 2.99. The second kappa shape index (κ2) is 9.63. The Morgan fingerprint density at radius 1 is 1.00 bits per heavy atom. The van der Waals surface area contributed by atoms with E-state index in [2.05, 4.69) is 16.0 Å². The Kier molecular flexibility index (Phi) is 7.52. The van der Waals surface area contributed by atoms with Gasteiger partial charge in [-0.15, -0.1) is 0 Å². The zero-order chi connectivity index (χ0) is 18.1. The number of hydrogen-bond donors (Lipinski definition) is 4. The number of aliphatic carboxylic acids is 1. The van der Waals surface area contributed by atoms with Gasteiger partial charge in [0.1, 0.15) is 0 Å². The highest BCUT2D eigenvalue weighted by atomic mass is 16.4. The molecule has 3 amide bonds. The van der Waals surface area contributed by atoms with Gasteiger partial charge in [-0.3, -0.25) is 9.59 Å². The first-order valence-electron chi connectivity index (χ1n) is 9.56. The summed E-state index contributed by atoms with van der Waals surface area (Å²) < 4.78 is 0. The molecular weight excluding hydrogens is 322 g/mol. The monoisotopic (exact) mass is 353 g/mol. The number of carbonyl (C=O) groups is 3. The Morgan fingerprint density at radius 2 is 1.68 bits per heavy atom. The predicted octanol–water partition coefficient (Wildman–Crippen LogP) is 2.30. The molecule has 4 N–H and O–H groups in total. The second-order valence-electron chi connectivity index (χ2n) is 7.44. The van der Waals surface area contributed by atoms with Crippen LogP contribution in [0.15, 0.2) is 0 Å². The lowest BCUT2D eigenvalue weighted by Crippen LogP contribution is -2.48. The fraction of sp³-hybridized carbons (Fsp3) is 0.833. The molecule has 0 aromatic rings. The Morgan fingerprint density at radius 3 is 2.32 bits per heavy atom. The number of carboxylic acid groups (broad SMARTS) is 1. The zero-order valence-corrected chi connectivity index (χ0v) is 14.9. The van der Waals surface area contributed by atoms with Crippen molar-refractivity contribution >= 4 is 17.9 Å². The summed E-state index contributed by atoms with van der Waals surface area (Å²) in [5.41, 5.74) is -0.575. The summed E-state index contributed by atoms with van der Waals surface area (Å²) in [5.74, 6) is -0.999. The molecule has 7 heteroatoms. The van der Waals surface area contributed by atoms with Crippen molar-refractivity contribution in [3.8, 4) is 0 Å². The lowest BCUT2D eigenvalue weighted by atomic mass is 9.93. The number of urea groups is 1. The Balaban J connectivity index is 1.61. The maximum atomic E-state index is 12.1. The third-order valence-corrected chi connectivity index (χ3v) is 5.26. The SMILES string of the molecule is O=C(O)CC1(NC(=O)CCCNC(=O)NC2CCCCC2)CCCC1. The molecule has 2 rings (SSSR count). The molecule has 2 fully saturated rings. The van der Waals surface area contributed by atoms with Crippen LogP contribution in [-0.4, -0.2) is 41.1 Å². The summed E-state index contributed by atoms with van der Waals surface area (Å²) >= 11 is 0. The summed E-state index contributed by atoms with van der Waals surface area (Å²) in [6, 6.07) is 0.112. The van der Waals surface area contributed by atoms with Crippen LogP contribution in [0.1, 0.15) is 77.0 Å². The highest BCUT2D eigenvalue weighted by Crippen LogP contribution is 2.32. The topological polar surface area (TPSA) is 108 Å². The largest absolute Gasteiger partial charge is 0.481 e. The van der Waals surface area contributed by atoms with Gasteiger partial charge < -0.3 is 21.1 Å². The molecule has 0 heterocycles. The van der Waals surface area contributed by atoms with E-state index in [1.807, 2.05) is 0 Å². The maximum Gasteiger partial charge on any atom is 0.315 e. The van der Waals surface area contributed by atoms with E-state index in [0.29, 0.717) is 19.4 Å². The van der Waals surface area contributed by atoms with Crippen molar-refractivity contribution in [1.82, 2.24) is 16.0 Å². The van der Waals surface area contributed by atoms with Crippen LogP contribution < -0.4 is 16.0 Å². The van der Waals surface area contributed by atoms with Crippen molar-refractivity contribution in [2.45, 2.75) is 88.6 Å². The molecule has 7 nitrogen and oxygen atoms in total. The van der Waals surface area contributed by atoms with Gasteiger partial charge in [0.2, 0.25) is 5.91 Å². The molecular formula is C18H31N3O4. The molecule has 2 aliphatic rings. The van der Waals surface area contributed by atoms with Crippen molar-refractivity contribution < 1.29 is 19.5 Å². The van der Waals surface area contributed by atoms with Crippen LogP contribution in [0.25, 0.3) is 0 Å². The van der Waals surface area contributed by atoms with Gasteiger partial charge in [0.15, 0.2) is 0 Å². The third kappa shape index (κ3) is 6.92. The van der Waals surface area contributed by atoms with E-state index < -0.39 is 11.5 Å². The number of carbonyl (C=O) groups excluding carboxylic acids is 2. The van der Waals surface area contributed by atoms with Gasteiger partial charge in [-0.1, -0.05) is 32.1 Å². The van der Waals surface area contributed by atoms with E-state index >= 15 is 0 Å². The minimum atomic E-state index is -0.872. The van der Waals surface area contributed by atoms with Gasteiger partial charge in [0.05, 0.1) is 12.0 Å². The molecule has 0 aromatic carbocycles. The molecule has 2 aliphatic carbocycles. The zero-order valence-electron chi connectivity index (χ0n) is 14.9. The second-order valence-corrected chi connectivity index (χ2v) is 7.44. The highest BCUT2D eigenvalue weighted by Gasteiger charge is 2.37. The van der Waals surface area contributed by atoms with Crippen LogP contribution in [0.4, 0.5) is 4.79 Å². The van der Waals surface area contributed by atoms with E-state index in [-0.39, 0.29) is 24.4 Å². The quantitative estimate of drug-likeness (QED) is 0.502. The van der Waals surface area contributed by atoms with Crippen LogP contribution >= 0.6 is 0 Å². The first kappa shape index (κ1) is 19.5. The van der Waals surface area contributed by atoms with E-state index in [4.69, 9.17) is 5.11 Å². The standard InChI is InChI=1S/C18H31N3O4/c22-15(21-18(13-16(23)24)10-4-5-11-18)9-6-12-19-17(25)20-14-7-2-1-3-8-14/h14H,1-13H2,(H,21,22)(H,23,24)(H2,19,20,25). The van der Waals surface area contributed by atoms with Gasteiger partial charge >= 0.3 is 12.0 Å². The normalized spacial score (nSPS) is 20.0. The van der Waals surface area contributed by atoms with Crippen molar-refractivity contribution in [2.75, 3.05) is 6.54 Å². The molecule has 0 saturated heterocycles. The third-order valence-electron chi connectivity index (χ3n) is 5.26. The number of rotatable bonds is 8. The van der Waals surface area contributed by atoms with Crippen molar-refractivity contribution in [2.24, 2.45) is 0 Å². The molecule has 142 valence electrons. The number of amides is 3. The van der Waals surface area contributed by atoms with Crippen molar-refractivity contribution in [3.63, 3.8) is 0 Å². The molecule has 0 aromatic heterocycles. The van der Waals surface area contributed by atoms with Crippen molar-refractivity contribution in [1.29, 1.82) is 0 Å². The Labute approximate surface area is 149 Å². The van der Waals surface area contributed by atoms with Crippen LogP contribution in [-0.2, 0) is 9.59 Å². The van der Waals surface area contributed by atoms with Crippen LogP contribution in [0, 0.1) is 0 Å². The van der Waals surface area contributed by atoms with E-state index in [0.717, 1.165) is 38.5 Å². The molecule has 0 aliphatic heterocycles. The van der Waals surface area contributed by atoms with E-state index in [9.17, 15) is 14.4 Å². The van der Waals surface area contributed by atoms with Gasteiger partial charge in [0.25, 0.3) is 0 Å². The molecule has 0 radical (unpaired) electrons. The lowest BCUT2D eigenvalue weighted by molar-refractivity contribution is -0.139. The fourth-order valence-corrected chi connectivity index (χ4v) is 3.98.